The van der Waals surface area contributed by atoms with E-state index in [2.05, 4.69) is 17.5 Å². The van der Waals surface area contributed by atoms with Crippen LogP contribution in [0.2, 0.25) is 0 Å². The van der Waals surface area contributed by atoms with Gasteiger partial charge in [0.1, 0.15) is 0 Å². The molecular weight excluding hydrogens is 136 g/mol. The third-order valence-corrected chi connectivity index (χ3v) is 1.72. The highest BCUT2D eigenvalue weighted by atomic mass is 14.8. The van der Waals surface area contributed by atoms with E-state index in [0.717, 1.165) is 13.0 Å². The van der Waals surface area contributed by atoms with Gasteiger partial charge in [-0.3, -0.25) is 0 Å². The van der Waals surface area contributed by atoms with Gasteiger partial charge < -0.3 is 5.32 Å². The summed E-state index contributed by atoms with van der Waals surface area (Å²) < 4.78 is 0. The highest BCUT2D eigenvalue weighted by Gasteiger charge is 2.05. The first-order valence-electron chi connectivity index (χ1n) is 3.78. The summed E-state index contributed by atoms with van der Waals surface area (Å²) in [6.07, 6.45) is 6.97. The number of nitrogens with zero attached hydrogens (tertiary/aromatic N) is 1. The molecule has 11 heavy (non-hydrogen) atoms. The van der Waals surface area contributed by atoms with Gasteiger partial charge in [-0.1, -0.05) is 18.2 Å². The van der Waals surface area contributed by atoms with Gasteiger partial charge in [-0.05, 0) is 19.0 Å². The van der Waals surface area contributed by atoms with Gasteiger partial charge in [0.2, 0.25) is 0 Å². The molecule has 1 aliphatic carbocycles. The predicted octanol–water partition coefficient (Wildman–Crippen LogP) is 1.23. The first kappa shape index (κ1) is 8.03. The molecule has 0 saturated heterocycles. The fraction of sp³-hybridized carbons (Fsp3) is 0.444. The SMILES string of the molecule is CNCC1=CCC(C#N)C=C1. The molecule has 0 heterocycles. The minimum atomic E-state index is 0.0932. The Morgan fingerprint density at radius 1 is 1.82 bits per heavy atom. The van der Waals surface area contributed by atoms with Crippen molar-refractivity contribution in [3.05, 3.63) is 23.8 Å². The van der Waals surface area contributed by atoms with Crippen molar-refractivity contribution in [3.8, 4) is 6.07 Å². The average molecular weight is 148 g/mol. The van der Waals surface area contributed by atoms with Crippen LogP contribution in [0.15, 0.2) is 23.8 Å². The van der Waals surface area contributed by atoms with Gasteiger partial charge in [0.05, 0.1) is 12.0 Å². The molecular formula is C9H12N2. The zero-order valence-corrected chi connectivity index (χ0v) is 6.67. The van der Waals surface area contributed by atoms with E-state index < -0.39 is 0 Å². The molecule has 0 radical (unpaired) electrons. The fourth-order valence-electron chi connectivity index (χ4n) is 1.10. The van der Waals surface area contributed by atoms with Crippen molar-refractivity contribution < 1.29 is 0 Å². The average Bonchev–Trinajstić information content (AvgIpc) is 2.07. The lowest BCUT2D eigenvalue weighted by Crippen LogP contribution is -2.11. The summed E-state index contributed by atoms with van der Waals surface area (Å²) in [6, 6.07) is 2.21. The number of rotatable bonds is 2. The van der Waals surface area contributed by atoms with E-state index in [1.165, 1.54) is 5.57 Å². The Morgan fingerprint density at radius 3 is 3.09 bits per heavy atom. The summed E-state index contributed by atoms with van der Waals surface area (Å²) in [5.41, 5.74) is 1.28. The molecule has 1 aliphatic rings. The second-order valence-corrected chi connectivity index (χ2v) is 2.64. The summed E-state index contributed by atoms with van der Waals surface area (Å²) in [6.45, 7) is 0.897. The maximum absolute atomic E-state index is 8.56. The van der Waals surface area contributed by atoms with Crippen molar-refractivity contribution in [1.82, 2.24) is 5.32 Å². The lowest BCUT2D eigenvalue weighted by molar-refractivity contribution is 0.805. The summed E-state index contributed by atoms with van der Waals surface area (Å²) in [7, 11) is 1.92. The van der Waals surface area contributed by atoms with Crippen LogP contribution in [0.4, 0.5) is 0 Å². The third-order valence-electron chi connectivity index (χ3n) is 1.72. The molecule has 0 fully saturated rings. The second kappa shape index (κ2) is 3.95. The van der Waals surface area contributed by atoms with Crippen LogP contribution >= 0.6 is 0 Å². The Balaban J connectivity index is 2.47. The van der Waals surface area contributed by atoms with Gasteiger partial charge in [0, 0.05) is 6.54 Å². The molecule has 0 amide bonds. The maximum atomic E-state index is 8.56. The molecule has 0 saturated carbocycles. The fourth-order valence-corrected chi connectivity index (χ4v) is 1.10. The van der Waals surface area contributed by atoms with Crippen LogP contribution in [0.5, 0.6) is 0 Å². The van der Waals surface area contributed by atoms with E-state index in [9.17, 15) is 0 Å². The Kier molecular flexibility index (Phi) is 2.88. The summed E-state index contributed by atoms with van der Waals surface area (Å²) in [5, 5.41) is 11.6. The smallest absolute Gasteiger partial charge is 0.0700 e. The minimum Gasteiger partial charge on any atom is -0.316 e. The molecule has 1 rings (SSSR count). The van der Waals surface area contributed by atoms with Crippen LogP contribution in [-0.2, 0) is 0 Å². The van der Waals surface area contributed by atoms with Gasteiger partial charge in [0.15, 0.2) is 0 Å². The molecule has 2 nitrogen and oxygen atoms in total. The van der Waals surface area contributed by atoms with E-state index in [1.807, 2.05) is 19.2 Å². The van der Waals surface area contributed by atoms with Crippen molar-refractivity contribution in [2.75, 3.05) is 13.6 Å². The normalized spacial score (nSPS) is 22.5. The molecule has 0 bridgehead atoms. The largest absolute Gasteiger partial charge is 0.316 e. The van der Waals surface area contributed by atoms with Crippen LogP contribution in [0, 0.1) is 17.2 Å². The first-order chi connectivity index (χ1) is 5.36. The zero-order valence-electron chi connectivity index (χ0n) is 6.67. The highest BCUT2D eigenvalue weighted by Crippen LogP contribution is 2.14. The van der Waals surface area contributed by atoms with Crippen molar-refractivity contribution in [1.29, 1.82) is 5.26 Å². The maximum Gasteiger partial charge on any atom is 0.0700 e. The molecule has 1 unspecified atom stereocenters. The molecule has 58 valence electrons. The number of hydrogen-bond donors (Lipinski definition) is 1. The molecule has 0 spiro atoms. The Morgan fingerprint density at radius 2 is 2.64 bits per heavy atom. The molecule has 0 aromatic rings. The quantitative estimate of drug-likeness (QED) is 0.639. The number of allylic oxidation sites excluding steroid dienone is 2. The number of nitriles is 1. The van der Waals surface area contributed by atoms with E-state index in [-0.39, 0.29) is 5.92 Å². The summed E-state index contributed by atoms with van der Waals surface area (Å²) in [5.74, 6) is 0.0932. The third kappa shape index (κ3) is 2.21. The number of likely N-dealkylation sites (N-methyl/N-ethyl adjacent to an activating group) is 1. The van der Waals surface area contributed by atoms with Crippen molar-refractivity contribution >= 4 is 0 Å². The van der Waals surface area contributed by atoms with E-state index >= 15 is 0 Å². The van der Waals surface area contributed by atoms with Crippen molar-refractivity contribution in [2.45, 2.75) is 6.42 Å². The monoisotopic (exact) mass is 148 g/mol. The van der Waals surface area contributed by atoms with Crippen molar-refractivity contribution in [2.24, 2.45) is 5.92 Å². The summed E-state index contributed by atoms with van der Waals surface area (Å²) in [4.78, 5) is 0. The van der Waals surface area contributed by atoms with E-state index in [0.29, 0.717) is 0 Å². The lowest BCUT2D eigenvalue weighted by Gasteiger charge is -2.08. The molecule has 0 aromatic carbocycles. The predicted molar refractivity (Wildman–Crippen MR) is 44.9 cm³/mol. The molecule has 2 heteroatoms. The number of hydrogen-bond acceptors (Lipinski definition) is 2. The van der Waals surface area contributed by atoms with E-state index in [1.54, 1.807) is 0 Å². The molecule has 0 aromatic heterocycles. The van der Waals surface area contributed by atoms with E-state index in [4.69, 9.17) is 5.26 Å². The molecule has 1 N–H and O–H groups in total. The van der Waals surface area contributed by atoms with Gasteiger partial charge >= 0.3 is 0 Å². The van der Waals surface area contributed by atoms with Crippen LogP contribution < -0.4 is 5.32 Å². The lowest BCUT2D eigenvalue weighted by atomic mass is 9.98. The molecule has 1 atom stereocenters. The van der Waals surface area contributed by atoms with Crippen LogP contribution in [-0.4, -0.2) is 13.6 Å². The highest BCUT2D eigenvalue weighted by molar-refractivity contribution is 5.27. The standard InChI is InChI=1S/C9H12N2/c1-11-7-9-4-2-8(6-10)3-5-9/h2,4-5,8,11H,3,7H2,1H3. The molecule has 0 aliphatic heterocycles. The van der Waals surface area contributed by atoms with Gasteiger partial charge in [0.25, 0.3) is 0 Å². The summed E-state index contributed by atoms with van der Waals surface area (Å²) >= 11 is 0. The Bertz CT molecular complexity index is 220. The Hall–Kier alpha value is -1.07. The van der Waals surface area contributed by atoms with Crippen LogP contribution in [0.3, 0.4) is 0 Å². The topological polar surface area (TPSA) is 35.8 Å². The van der Waals surface area contributed by atoms with Crippen LogP contribution in [0.25, 0.3) is 0 Å². The van der Waals surface area contributed by atoms with Gasteiger partial charge in [-0.2, -0.15) is 5.26 Å². The Labute approximate surface area is 67.2 Å². The zero-order chi connectivity index (χ0) is 8.10. The van der Waals surface area contributed by atoms with Crippen molar-refractivity contribution in [3.63, 3.8) is 0 Å². The minimum absolute atomic E-state index is 0.0932. The second-order valence-electron chi connectivity index (χ2n) is 2.64. The van der Waals surface area contributed by atoms with Gasteiger partial charge in [-0.15, -0.1) is 0 Å². The van der Waals surface area contributed by atoms with Gasteiger partial charge in [-0.25, -0.2) is 0 Å². The van der Waals surface area contributed by atoms with Crippen LogP contribution in [0.1, 0.15) is 6.42 Å². The number of nitrogens with one attached hydrogen (secondary N) is 1. The first-order valence-corrected chi connectivity index (χ1v) is 3.78.